The number of carbonyl (C=O) groups is 1. The van der Waals surface area contributed by atoms with Gasteiger partial charge in [0.25, 0.3) is 0 Å². The van der Waals surface area contributed by atoms with Crippen molar-refractivity contribution < 1.29 is 23.1 Å². The second-order valence-electron chi connectivity index (χ2n) is 5.99. The average molecular weight is 353 g/mol. The number of pyridine rings is 1. The predicted octanol–water partition coefficient (Wildman–Crippen LogP) is 4.07. The van der Waals surface area contributed by atoms with Crippen LogP contribution >= 0.6 is 0 Å². The largest absolute Gasteiger partial charge is 0.491 e. The number of allylic oxidation sites excluding steroid dienone is 1. The van der Waals surface area contributed by atoms with Crippen LogP contribution in [0, 0.1) is 5.82 Å². The molecule has 2 aromatic heterocycles. The van der Waals surface area contributed by atoms with E-state index in [2.05, 4.69) is 4.98 Å². The number of rotatable bonds is 5. The zero-order valence-corrected chi connectivity index (χ0v) is 14.1. The summed E-state index contributed by atoms with van der Waals surface area (Å²) in [6.07, 6.45) is 3.77. The summed E-state index contributed by atoms with van der Waals surface area (Å²) in [5.74, 6) is 0.547. The number of methoxy groups -OCH3 is 1. The summed E-state index contributed by atoms with van der Waals surface area (Å²) >= 11 is 0. The molecule has 3 heterocycles. The number of Topliss-reactive ketones (excluding diaryl/α,β-unsaturated/α-hetero) is 1. The molecule has 132 valence electrons. The van der Waals surface area contributed by atoms with Crippen LogP contribution in [0.1, 0.15) is 22.5 Å². The monoisotopic (exact) mass is 353 g/mol. The molecule has 0 radical (unpaired) electrons. The highest BCUT2D eigenvalue weighted by Gasteiger charge is 2.32. The molecule has 0 fully saturated rings. The van der Waals surface area contributed by atoms with Gasteiger partial charge in [-0.3, -0.25) is 4.79 Å². The van der Waals surface area contributed by atoms with Crippen molar-refractivity contribution in [2.45, 2.75) is 18.9 Å². The average Bonchev–Trinajstić information content (AvgIpc) is 3.27. The van der Waals surface area contributed by atoms with Gasteiger partial charge in [-0.25, -0.2) is 9.37 Å². The highest BCUT2D eigenvalue weighted by Crippen LogP contribution is 2.34. The quantitative estimate of drug-likeness (QED) is 0.647. The number of ketones is 1. The zero-order chi connectivity index (χ0) is 18.1. The van der Waals surface area contributed by atoms with Crippen molar-refractivity contribution >= 4 is 16.9 Å². The third-order valence-electron chi connectivity index (χ3n) is 4.27. The molecule has 1 aliphatic heterocycles. The molecular weight excluding hydrogens is 337 g/mol. The first-order valence-electron chi connectivity index (χ1n) is 8.21. The molecule has 5 nitrogen and oxygen atoms in total. The second kappa shape index (κ2) is 6.63. The Morgan fingerprint density at radius 3 is 2.88 bits per heavy atom. The molecule has 0 aliphatic carbocycles. The number of furan rings is 1. The van der Waals surface area contributed by atoms with E-state index in [4.69, 9.17) is 13.9 Å². The third kappa shape index (κ3) is 2.94. The van der Waals surface area contributed by atoms with Crippen LogP contribution in [0.15, 0.2) is 58.8 Å². The van der Waals surface area contributed by atoms with Gasteiger partial charge in [-0.1, -0.05) is 12.1 Å². The minimum absolute atomic E-state index is 0.114. The highest BCUT2D eigenvalue weighted by atomic mass is 19.1. The van der Waals surface area contributed by atoms with Crippen LogP contribution in [-0.4, -0.2) is 24.0 Å². The standard InChI is InChI=1S/C20H16FNO4/c1-24-19-17-15(3-2-10-22-17)26-20(19)18(23)16-9-8-14(25-16)11-12-4-6-13(21)7-5-12/h2-8,10,16H,9,11H2,1H3. The fourth-order valence-corrected chi connectivity index (χ4v) is 3.00. The summed E-state index contributed by atoms with van der Waals surface area (Å²) < 4.78 is 29.8. The first-order valence-corrected chi connectivity index (χ1v) is 8.21. The molecule has 0 saturated heterocycles. The lowest BCUT2D eigenvalue weighted by molar-refractivity contribution is 0.0673. The van der Waals surface area contributed by atoms with Crippen molar-refractivity contribution in [2.24, 2.45) is 0 Å². The van der Waals surface area contributed by atoms with Gasteiger partial charge >= 0.3 is 0 Å². The van der Waals surface area contributed by atoms with E-state index in [1.165, 1.54) is 19.2 Å². The first kappa shape index (κ1) is 16.3. The number of aromatic nitrogens is 1. The smallest absolute Gasteiger partial charge is 0.242 e. The van der Waals surface area contributed by atoms with Gasteiger partial charge < -0.3 is 13.9 Å². The number of halogens is 1. The van der Waals surface area contributed by atoms with Gasteiger partial charge in [0.05, 0.1) is 12.9 Å². The van der Waals surface area contributed by atoms with E-state index in [-0.39, 0.29) is 17.4 Å². The van der Waals surface area contributed by atoms with Crippen LogP contribution in [-0.2, 0) is 11.2 Å². The van der Waals surface area contributed by atoms with Crippen LogP contribution in [0.25, 0.3) is 11.1 Å². The number of hydrogen-bond acceptors (Lipinski definition) is 5. The highest BCUT2D eigenvalue weighted by molar-refractivity contribution is 6.04. The molecule has 4 rings (SSSR count). The minimum atomic E-state index is -0.667. The summed E-state index contributed by atoms with van der Waals surface area (Å²) in [5.41, 5.74) is 1.91. The van der Waals surface area contributed by atoms with Gasteiger partial charge in [-0.2, -0.15) is 0 Å². The van der Waals surface area contributed by atoms with E-state index in [0.29, 0.717) is 35.5 Å². The van der Waals surface area contributed by atoms with Crippen molar-refractivity contribution in [3.8, 4) is 5.75 Å². The molecule has 1 aromatic carbocycles. The van der Waals surface area contributed by atoms with Crippen molar-refractivity contribution in [2.75, 3.05) is 7.11 Å². The SMILES string of the molecule is COc1c(C(=O)C2CC=C(Cc3ccc(F)cc3)O2)oc2cccnc12. The van der Waals surface area contributed by atoms with Crippen LogP contribution in [0.4, 0.5) is 4.39 Å². The summed E-state index contributed by atoms with van der Waals surface area (Å²) in [4.78, 5) is 17.0. The van der Waals surface area contributed by atoms with E-state index in [1.807, 2.05) is 6.08 Å². The number of carbonyl (C=O) groups excluding carboxylic acids is 1. The molecule has 1 aliphatic rings. The molecule has 0 N–H and O–H groups in total. The summed E-state index contributed by atoms with van der Waals surface area (Å²) in [6.45, 7) is 0. The maximum Gasteiger partial charge on any atom is 0.242 e. The number of hydrogen-bond donors (Lipinski definition) is 0. The van der Waals surface area contributed by atoms with Gasteiger partial charge in [0.15, 0.2) is 23.0 Å². The topological polar surface area (TPSA) is 61.6 Å². The van der Waals surface area contributed by atoms with Gasteiger partial charge in [0.2, 0.25) is 11.5 Å². The molecular formula is C20H16FNO4. The molecule has 6 heteroatoms. The van der Waals surface area contributed by atoms with E-state index in [1.54, 1.807) is 30.5 Å². The number of benzene rings is 1. The van der Waals surface area contributed by atoms with E-state index in [0.717, 1.165) is 5.56 Å². The number of fused-ring (bicyclic) bond motifs is 1. The maximum atomic E-state index is 13.0. The number of ether oxygens (including phenoxy) is 2. The summed E-state index contributed by atoms with van der Waals surface area (Å²) in [6, 6.07) is 9.66. The third-order valence-corrected chi connectivity index (χ3v) is 4.27. The number of nitrogens with zero attached hydrogens (tertiary/aromatic N) is 1. The Balaban J connectivity index is 1.51. The lowest BCUT2D eigenvalue weighted by atomic mass is 10.1. The van der Waals surface area contributed by atoms with Gasteiger partial charge in [0, 0.05) is 19.0 Å². The van der Waals surface area contributed by atoms with Crippen LogP contribution in [0.3, 0.4) is 0 Å². The summed E-state index contributed by atoms with van der Waals surface area (Å²) in [5, 5.41) is 0. The summed E-state index contributed by atoms with van der Waals surface area (Å²) in [7, 11) is 1.48. The van der Waals surface area contributed by atoms with Crippen molar-refractivity contribution in [3.63, 3.8) is 0 Å². The molecule has 1 unspecified atom stereocenters. The Bertz CT molecular complexity index is 991. The van der Waals surface area contributed by atoms with E-state index >= 15 is 0 Å². The van der Waals surface area contributed by atoms with Crippen LogP contribution in [0.5, 0.6) is 5.75 Å². The van der Waals surface area contributed by atoms with Crippen molar-refractivity contribution in [1.29, 1.82) is 0 Å². The molecule has 3 aromatic rings. The lowest BCUT2D eigenvalue weighted by Crippen LogP contribution is -2.20. The minimum Gasteiger partial charge on any atom is -0.491 e. The van der Waals surface area contributed by atoms with Gasteiger partial charge in [-0.15, -0.1) is 0 Å². The van der Waals surface area contributed by atoms with Crippen LogP contribution < -0.4 is 4.74 Å². The first-order chi connectivity index (χ1) is 12.7. The normalized spacial score (nSPS) is 16.4. The van der Waals surface area contributed by atoms with E-state index in [9.17, 15) is 9.18 Å². The maximum absolute atomic E-state index is 13.0. The fraction of sp³-hybridized carbons (Fsp3) is 0.200. The zero-order valence-electron chi connectivity index (χ0n) is 14.1. The Labute approximate surface area is 149 Å². The predicted molar refractivity (Wildman–Crippen MR) is 92.6 cm³/mol. The molecule has 0 spiro atoms. The molecule has 0 amide bonds. The molecule has 26 heavy (non-hydrogen) atoms. The molecule has 0 saturated carbocycles. The Hall–Kier alpha value is -3.15. The Morgan fingerprint density at radius 2 is 2.12 bits per heavy atom. The van der Waals surface area contributed by atoms with Crippen LogP contribution in [0.2, 0.25) is 0 Å². The van der Waals surface area contributed by atoms with Crippen molar-refractivity contribution in [1.82, 2.24) is 4.98 Å². The second-order valence-corrected chi connectivity index (χ2v) is 5.99. The van der Waals surface area contributed by atoms with Crippen molar-refractivity contribution in [3.05, 3.63) is 71.6 Å². The van der Waals surface area contributed by atoms with Gasteiger partial charge in [0.1, 0.15) is 5.82 Å². The van der Waals surface area contributed by atoms with E-state index < -0.39 is 6.10 Å². The van der Waals surface area contributed by atoms with Gasteiger partial charge in [-0.05, 0) is 35.9 Å². The lowest BCUT2D eigenvalue weighted by Gasteiger charge is -2.12. The molecule has 0 bridgehead atoms. The Morgan fingerprint density at radius 1 is 1.31 bits per heavy atom. The fourth-order valence-electron chi connectivity index (χ4n) is 3.00. The Kier molecular flexibility index (Phi) is 4.16. The molecule has 1 atom stereocenters.